The van der Waals surface area contributed by atoms with E-state index in [1.54, 1.807) is 0 Å². The van der Waals surface area contributed by atoms with Gasteiger partial charge in [-0.15, -0.1) is 0 Å². The van der Waals surface area contributed by atoms with Crippen molar-refractivity contribution in [1.29, 1.82) is 0 Å². The minimum absolute atomic E-state index is 0.348. The van der Waals surface area contributed by atoms with E-state index in [9.17, 15) is 0 Å². The highest BCUT2D eigenvalue weighted by atomic mass is 16.5. The van der Waals surface area contributed by atoms with Gasteiger partial charge in [0.1, 0.15) is 0 Å². The fourth-order valence-electron chi connectivity index (χ4n) is 1.42. The van der Waals surface area contributed by atoms with Crippen LogP contribution in [-0.2, 0) is 4.74 Å². The molecule has 0 N–H and O–H groups in total. The lowest BCUT2D eigenvalue weighted by atomic mass is 9.85. The van der Waals surface area contributed by atoms with Gasteiger partial charge in [-0.3, -0.25) is 0 Å². The average molecular weight is 244 g/mol. The van der Waals surface area contributed by atoms with Gasteiger partial charge >= 0.3 is 0 Å². The number of hydrogen-bond donors (Lipinski definition) is 0. The SMILES string of the molecule is CC.CC(C)(C)C.CC(C)(C)C1CCCCO1. The van der Waals surface area contributed by atoms with Crippen LogP contribution in [0.1, 0.15) is 81.6 Å². The molecule has 106 valence electrons. The van der Waals surface area contributed by atoms with Crippen molar-refractivity contribution in [3.05, 3.63) is 0 Å². The number of hydrogen-bond acceptors (Lipinski definition) is 1. The smallest absolute Gasteiger partial charge is 0.0623 e. The maximum absolute atomic E-state index is 5.64. The molecule has 1 unspecified atom stereocenters. The van der Waals surface area contributed by atoms with Gasteiger partial charge in [-0.2, -0.15) is 0 Å². The number of rotatable bonds is 0. The molecule has 1 aliphatic rings. The lowest BCUT2D eigenvalue weighted by Gasteiger charge is -2.33. The van der Waals surface area contributed by atoms with Crippen LogP contribution in [0.5, 0.6) is 0 Å². The Morgan fingerprint density at radius 2 is 1.24 bits per heavy atom. The quantitative estimate of drug-likeness (QED) is 0.532. The summed E-state index contributed by atoms with van der Waals surface area (Å²) in [6, 6.07) is 0. The first-order valence-corrected chi connectivity index (χ1v) is 7.22. The second-order valence-corrected chi connectivity index (χ2v) is 7.22. The zero-order valence-electron chi connectivity index (χ0n) is 13.8. The van der Waals surface area contributed by atoms with E-state index in [4.69, 9.17) is 4.74 Å². The van der Waals surface area contributed by atoms with Crippen LogP contribution >= 0.6 is 0 Å². The minimum Gasteiger partial charge on any atom is -0.378 e. The van der Waals surface area contributed by atoms with Gasteiger partial charge in [-0.1, -0.05) is 62.3 Å². The van der Waals surface area contributed by atoms with Crippen LogP contribution in [0.4, 0.5) is 0 Å². The number of ether oxygens (including phenoxy) is 1. The molecule has 1 heterocycles. The predicted molar refractivity (Wildman–Crippen MR) is 79.5 cm³/mol. The molecular weight excluding hydrogens is 208 g/mol. The first-order valence-electron chi connectivity index (χ1n) is 7.22. The molecular formula is C16H36O. The Hall–Kier alpha value is -0.0400. The Morgan fingerprint density at radius 3 is 1.41 bits per heavy atom. The first-order chi connectivity index (χ1) is 7.61. The van der Waals surface area contributed by atoms with E-state index in [0.717, 1.165) is 6.61 Å². The van der Waals surface area contributed by atoms with E-state index in [0.29, 0.717) is 16.9 Å². The van der Waals surface area contributed by atoms with E-state index >= 15 is 0 Å². The van der Waals surface area contributed by atoms with Crippen LogP contribution in [0.2, 0.25) is 0 Å². The third-order valence-corrected chi connectivity index (χ3v) is 2.15. The zero-order valence-corrected chi connectivity index (χ0v) is 13.8. The molecule has 0 aromatic rings. The molecule has 0 aliphatic carbocycles. The largest absolute Gasteiger partial charge is 0.378 e. The summed E-state index contributed by atoms with van der Waals surface area (Å²) in [7, 11) is 0. The Bertz CT molecular complexity index is 147. The van der Waals surface area contributed by atoms with Gasteiger partial charge in [0.25, 0.3) is 0 Å². The van der Waals surface area contributed by atoms with Crippen molar-refractivity contribution in [3.8, 4) is 0 Å². The molecule has 1 fully saturated rings. The van der Waals surface area contributed by atoms with Gasteiger partial charge in [0.05, 0.1) is 6.10 Å². The van der Waals surface area contributed by atoms with Crippen molar-refractivity contribution < 1.29 is 4.74 Å². The van der Waals surface area contributed by atoms with Gasteiger partial charge in [0.15, 0.2) is 0 Å². The monoisotopic (exact) mass is 244 g/mol. The summed E-state index contributed by atoms with van der Waals surface area (Å²) < 4.78 is 5.64. The van der Waals surface area contributed by atoms with Gasteiger partial charge in [-0.25, -0.2) is 0 Å². The highest BCUT2D eigenvalue weighted by Gasteiger charge is 2.26. The van der Waals surface area contributed by atoms with Gasteiger partial charge in [-0.05, 0) is 30.1 Å². The Kier molecular flexibility index (Phi) is 10.2. The highest BCUT2D eigenvalue weighted by molar-refractivity contribution is 4.76. The van der Waals surface area contributed by atoms with E-state index in [2.05, 4.69) is 48.5 Å². The van der Waals surface area contributed by atoms with Crippen molar-refractivity contribution in [2.45, 2.75) is 87.7 Å². The standard InChI is InChI=1S/C9H18O.C5H12.C2H6/c1-9(2,3)8-6-4-5-7-10-8;1-5(2,3)4;1-2/h8H,4-7H2,1-3H3;1-4H3;1-2H3. The second-order valence-electron chi connectivity index (χ2n) is 7.22. The van der Waals surface area contributed by atoms with Gasteiger partial charge in [0, 0.05) is 6.61 Å². The molecule has 1 atom stereocenters. The molecule has 0 amide bonds. The molecule has 1 aliphatic heterocycles. The molecule has 0 saturated carbocycles. The molecule has 1 saturated heterocycles. The Labute approximate surface area is 110 Å². The first kappa shape index (κ1) is 19.3. The maximum Gasteiger partial charge on any atom is 0.0623 e. The van der Waals surface area contributed by atoms with E-state index < -0.39 is 0 Å². The average Bonchev–Trinajstić information content (AvgIpc) is 2.18. The lowest BCUT2D eigenvalue weighted by molar-refractivity contribution is -0.0474. The minimum atomic E-state index is 0.348. The maximum atomic E-state index is 5.64. The van der Waals surface area contributed by atoms with Crippen LogP contribution in [-0.4, -0.2) is 12.7 Å². The second kappa shape index (κ2) is 8.97. The molecule has 1 rings (SSSR count). The molecule has 0 radical (unpaired) electrons. The Morgan fingerprint density at radius 1 is 0.824 bits per heavy atom. The normalized spacial score (nSPS) is 20.6. The molecule has 0 spiro atoms. The van der Waals surface area contributed by atoms with Crippen LogP contribution in [0.25, 0.3) is 0 Å². The third kappa shape index (κ3) is 16.0. The predicted octanol–water partition coefficient (Wildman–Crippen LogP) is 5.68. The van der Waals surface area contributed by atoms with Gasteiger partial charge in [0.2, 0.25) is 0 Å². The van der Waals surface area contributed by atoms with Crippen molar-refractivity contribution in [2.75, 3.05) is 6.61 Å². The molecule has 0 aromatic carbocycles. The molecule has 0 aromatic heterocycles. The summed E-state index contributed by atoms with van der Waals surface area (Å²) in [4.78, 5) is 0. The van der Waals surface area contributed by atoms with E-state index in [1.807, 2.05) is 13.8 Å². The van der Waals surface area contributed by atoms with Crippen LogP contribution < -0.4 is 0 Å². The van der Waals surface area contributed by atoms with Crippen molar-refractivity contribution in [1.82, 2.24) is 0 Å². The fourth-order valence-corrected chi connectivity index (χ4v) is 1.42. The van der Waals surface area contributed by atoms with Crippen molar-refractivity contribution in [2.24, 2.45) is 10.8 Å². The highest BCUT2D eigenvalue weighted by Crippen LogP contribution is 2.29. The van der Waals surface area contributed by atoms with E-state index in [1.165, 1.54) is 19.3 Å². The van der Waals surface area contributed by atoms with E-state index in [-0.39, 0.29) is 0 Å². The van der Waals surface area contributed by atoms with Crippen molar-refractivity contribution in [3.63, 3.8) is 0 Å². The zero-order chi connectivity index (χ0) is 14.1. The Balaban J connectivity index is 0. The summed E-state index contributed by atoms with van der Waals surface area (Å²) in [6.45, 7) is 20.5. The fraction of sp³-hybridized carbons (Fsp3) is 1.00. The molecule has 0 bridgehead atoms. The molecule has 1 nitrogen and oxygen atoms in total. The van der Waals surface area contributed by atoms with Crippen molar-refractivity contribution >= 4 is 0 Å². The summed E-state index contributed by atoms with van der Waals surface area (Å²) in [5, 5.41) is 0. The summed E-state index contributed by atoms with van der Waals surface area (Å²) >= 11 is 0. The van der Waals surface area contributed by atoms with Crippen LogP contribution in [0.15, 0.2) is 0 Å². The summed E-state index contributed by atoms with van der Waals surface area (Å²) in [5.41, 5.74) is 0.848. The summed E-state index contributed by atoms with van der Waals surface area (Å²) in [5.74, 6) is 0. The lowest BCUT2D eigenvalue weighted by Crippen LogP contribution is -2.32. The topological polar surface area (TPSA) is 9.23 Å². The third-order valence-electron chi connectivity index (χ3n) is 2.15. The van der Waals surface area contributed by atoms with Crippen LogP contribution in [0, 0.1) is 10.8 Å². The molecule has 1 heteroatoms. The van der Waals surface area contributed by atoms with Crippen LogP contribution in [0.3, 0.4) is 0 Å². The summed E-state index contributed by atoms with van der Waals surface area (Å²) in [6.07, 6.45) is 4.36. The molecule has 17 heavy (non-hydrogen) atoms. The van der Waals surface area contributed by atoms with Gasteiger partial charge < -0.3 is 4.74 Å².